The Hall–Kier alpha value is -1.56. The Kier molecular flexibility index (Phi) is 4.51. The maximum Gasteiger partial charge on any atom is 0.412 e. The van der Waals surface area contributed by atoms with E-state index in [-0.39, 0.29) is 6.61 Å². The van der Waals surface area contributed by atoms with Gasteiger partial charge in [0.15, 0.2) is 0 Å². The lowest BCUT2D eigenvalue weighted by Gasteiger charge is -2.05. The number of methoxy groups -OCH3 is 1. The van der Waals surface area contributed by atoms with Crippen LogP contribution in [0.4, 0.5) is 9.80 Å². The van der Waals surface area contributed by atoms with Crippen LogP contribution in [0.2, 0.25) is 0 Å². The molecular weight excluding hydrogens is 242 g/mol. The van der Waals surface area contributed by atoms with Crippen LogP contribution in [0, 0.1) is 13.8 Å². The van der Waals surface area contributed by atoms with Gasteiger partial charge in [-0.05, 0) is 26.3 Å². The second-order valence-electron chi connectivity index (χ2n) is 3.32. The third kappa shape index (κ3) is 2.97. The molecule has 1 heterocycles. The van der Waals surface area contributed by atoms with E-state index in [1.54, 1.807) is 6.92 Å². The molecule has 17 heavy (non-hydrogen) atoms. The molecule has 0 aromatic carbocycles. The van der Waals surface area contributed by atoms with Crippen molar-refractivity contribution in [3.05, 3.63) is 16.0 Å². The molecule has 1 N–H and O–H groups in total. The van der Waals surface area contributed by atoms with Crippen LogP contribution in [-0.2, 0) is 9.47 Å². The second-order valence-corrected chi connectivity index (χ2v) is 4.55. The molecule has 0 saturated carbocycles. The van der Waals surface area contributed by atoms with Gasteiger partial charge in [0.05, 0.1) is 19.3 Å². The van der Waals surface area contributed by atoms with Crippen LogP contribution in [0.15, 0.2) is 0 Å². The zero-order chi connectivity index (χ0) is 13.0. The minimum absolute atomic E-state index is 0.280. The molecule has 0 fully saturated rings. The summed E-state index contributed by atoms with van der Waals surface area (Å²) in [5.74, 6) is -0.460. The highest BCUT2D eigenvalue weighted by atomic mass is 32.1. The van der Waals surface area contributed by atoms with Crippen molar-refractivity contribution in [2.24, 2.45) is 0 Å². The predicted molar refractivity (Wildman–Crippen MR) is 65.8 cm³/mol. The maximum atomic E-state index is 11.6. The molecule has 1 aromatic rings. The summed E-state index contributed by atoms with van der Waals surface area (Å²) in [5, 5.41) is 3.01. The number of carbonyl (C=O) groups is 2. The van der Waals surface area contributed by atoms with E-state index < -0.39 is 12.1 Å². The maximum absolute atomic E-state index is 11.6. The van der Waals surface area contributed by atoms with Crippen molar-refractivity contribution in [2.75, 3.05) is 19.0 Å². The number of rotatable bonds is 3. The Balaban J connectivity index is 3.03. The van der Waals surface area contributed by atoms with Gasteiger partial charge in [0.25, 0.3) is 0 Å². The summed E-state index contributed by atoms with van der Waals surface area (Å²) in [5.41, 5.74) is 1.21. The molecular formula is C11H15NO4S. The average molecular weight is 257 g/mol. The lowest BCUT2D eigenvalue weighted by molar-refractivity contribution is 0.0601. The molecule has 0 radical (unpaired) electrons. The lowest BCUT2D eigenvalue weighted by atomic mass is 10.1. The Morgan fingerprint density at radius 3 is 2.53 bits per heavy atom. The van der Waals surface area contributed by atoms with Crippen LogP contribution in [-0.4, -0.2) is 25.8 Å². The summed E-state index contributed by atoms with van der Waals surface area (Å²) in [7, 11) is 1.31. The van der Waals surface area contributed by atoms with E-state index in [4.69, 9.17) is 4.74 Å². The number of hydrogen-bond donors (Lipinski definition) is 1. The van der Waals surface area contributed by atoms with Crippen molar-refractivity contribution in [2.45, 2.75) is 20.8 Å². The number of nitrogens with one attached hydrogen (secondary N) is 1. The van der Waals surface area contributed by atoms with E-state index in [1.165, 1.54) is 18.4 Å². The van der Waals surface area contributed by atoms with Crippen LogP contribution < -0.4 is 5.32 Å². The van der Waals surface area contributed by atoms with Crippen molar-refractivity contribution >= 4 is 28.4 Å². The molecule has 1 amide bonds. The van der Waals surface area contributed by atoms with Gasteiger partial charge in [0, 0.05) is 4.88 Å². The molecule has 0 aliphatic heterocycles. The van der Waals surface area contributed by atoms with Crippen LogP contribution in [0.3, 0.4) is 0 Å². The fraction of sp³-hybridized carbons (Fsp3) is 0.455. The fourth-order valence-electron chi connectivity index (χ4n) is 1.32. The zero-order valence-electron chi connectivity index (χ0n) is 10.2. The van der Waals surface area contributed by atoms with Gasteiger partial charge in [-0.3, -0.25) is 5.32 Å². The lowest BCUT2D eigenvalue weighted by Crippen LogP contribution is -2.15. The molecule has 0 atom stereocenters. The molecule has 0 spiro atoms. The molecule has 0 bridgehead atoms. The SMILES string of the molecule is CCOC(=O)Nc1sc(C)c(C)c1C(=O)OC. The van der Waals surface area contributed by atoms with Crippen LogP contribution in [0.5, 0.6) is 0 Å². The van der Waals surface area contributed by atoms with Gasteiger partial charge >= 0.3 is 12.1 Å². The summed E-state index contributed by atoms with van der Waals surface area (Å²) in [6, 6.07) is 0. The molecule has 0 unspecified atom stereocenters. The first-order valence-electron chi connectivity index (χ1n) is 5.13. The summed E-state index contributed by atoms with van der Waals surface area (Å²) >= 11 is 1.33. The van der Waals surface area contributed by atoms with Gasteiger partial charge in [-0.15, -0.1) is 11.3 Å². The van der Waals surface area contributed by atoms with E-state index in [2.05, 4.69) is 10.1 Å². The third-order valence-corrected chi connectivity index (χ3v) is 3.39. The van der Waals surface area contributed by atoms with Gasteiger partial charge in [-0.1, -0.05) is 0 Å². The standard InChI is InChI=1S/C11H15NO4S/c1-5-16-11(14)12-9-8(10(13)15-4)6(2)7(3)17-9/h5H2,1-4H3,(H,12,14). The number of carbonyl (C=O) groups excluding carboxylic acids is 2. The molecule has 0 aliphatic rings. The third-order valence-electron chi connectivity index (χ3n) is 2.27. The van der Waals surface area contributed by atoms with E-state index in [1.807, 2.05) is 13.8 Å². The first-order valence-corrected chi connectivity index (χ1v) is 5.95. The van der Waals surface area contributed by atoms with Gasteiger partial charge in [0.2, 0.25) is 0 Å². The molecule has 1 aromatic heterocycles. The topological polar surface area (TPSA) is 64.6 Å². The monoisotopic (exact) mass is 257 g/mol. The van der Waals surface area contributed by atoms with Gasteiger partial charge in [-0.25, -0.2) is 9.59 Å². The highest BCUT2D eigenvalue weighted by Gasteiger charge is 2.21. The van der Waals surface area contributed by atoms with E-state index in [9.17, 15) is 9.59 Å². The van der Waals surface area contributed by atoms with E-state index >= 15 is 0 Å². The second kappa shape index (κ2) is 5.67. The van der Waals surface area contributed by atoms with Crippen LogP contribution in [0.25, 0.3) is 0 Å². The fourth-order valence-corrected chi connectivity index (χ4v) is 2.36. The highest BCUT2D eigenvalue weighted by Crippen LogP contribution is 2.32. The first kappa shape index (κ1) is 13.5. The van der Waals surface area contributed by atoms with E-state index in [0.29, 0.717) is 10.6 Å². The van der Waals surface area contributed by atoms with Gasteiger partial charge < -0.3 is 9.47 Å². The number of hydrogen-bond acceptors (Lipinski definition) is 5. The molecule has 0 saturated heterocycles. The molecule has 1 rings (SSSR count). The Bertz CT molecular complexity index is 439. The highest BCUT2D eigenvalue weighted by molar-refractivity contribution is 7.16. The van der Waals surface area contributed by atoms with Crippen LogP contribution in [0.1, 0.15) is 27.7 Å². The average Bonchev–Trinajstić information content (AvgIpc) is 2.54. The van der Waals surface area contributed by atoms with E-state index in [0.717, 1.165) is 10.4 Å². The number of ether oxygens (including phenoxy) is 2. The van der Waals surface area contributed by atoms with Crippen molar-refractivity contribution in [1.82, 2.24) is 0 Å². The quantitative estimate of drug-likeness (QED) is 0.845. The van der Waals surface area contributed by atoms with Gasteiger partial charge in [0.1, 0.15) is 5.00 Å². The molecule has 5 nitrogen and oxygen atoms in total. The number of esters is 1. The Morgan fingerprint density at radius 1 is 1.35 bits per heavy atom. The summed E-state index contributed by atoms with van der Waals surface area (Å²) < 4.78 is 9.46. The Morgan fingerprint density at radius 2 is 2.00 bits per heavy atom. The molecule has 0 aliphatic carbocycles. The summed E-state index contributed by atoms with van der Waals surface area (Å²) in [6.45, 7) is 5.69. The normalized spacial score (nSPS) is 9.88. The smallest absolute Gasteiger partial charge is 0.412 e. The predicted octanol–water partition coefficient (Wildman–Crippen LogP) is 2.72. The molecule has 94 valence electrons. The Labute approximate surface area is 104 Å². The van der Waals surface area contributed by atoms with Gasteiger partial charge in [-0.2, -0.15) is 0 Å². The number of thiophene rings is 1. The summed E-state index contributed by atoms with van der Waals surface area (Å²) in [4.78, 5) is 23.9. The minimum Gasteiger partial charge on any atom is -0.465 e. The summed E-state index contributed by atoms with van der Waals surface area (Å²) in [6.07, 6.45) is -0.570. The zero-order valence-corrected chi connectivity index (χ0v) is 11.1. The van der Waals surface area contributed by atoms with Crippen LogP contribution >= 0.6 is 11.3 Å². The van der Waals surface area contributed by atoms with Crippen molar-refractivity contribution in [3.8, 4) is 0 Å². The first-order chi connectivity index (χ1) is 8.01. The largest absolute Gasteiger partial charge is 0.465 e. The number of anilines is 1. The molecule has 6 heteroatoms. The number of amides is 1. The van der Waals surface area contributed by atoms with Crippen molar-refractivity contribution in [1.29, 1.82) is 0 Å². The minimum atomic E-state index is -0.570. The number of aryl methyl sites for hydroxylation is 1. The van der Waals surface area contributed by atoms with Crippen molar-refractivity contribution in [3.63, 3.8) is 0 Å². The van der Waals surface area contributed by atoms with Crippen molar-refractivity contribution < 1.29 is 19.1 Å².